The second-order valence-electron chi connectivity index (χ2n) is 7.56. The van der Waals surface area contributed by atoms with Crippen molar-refractivity contribution in [3.05, 3.63) is 82.9 Å². The Morgan fingerprint density at radius 1 is 1.07 bits per heavy atom. The molecule has 1 heterocycles. The van der Waals surface area contributed by atoms with Gasteiger partial charge in [-0.15, -0.1) is 0 Å². The SMILES string of the molecule is Cc1ccc([As]c2cccc3c2CCN(S(C)(=O)=O)C3)cc1-c1cccc(C#N)c1. The van der Waals surface area contributed by atoms with Crippen molar-refractivity contribution in [3.63, 3.8) is 0 Å². The molecule has 3 aromatic carbocycles. The average molecular weight is 477 g/mol. The fourth-order valence-electron chi connectivity index (χ4n) is 3.84. The topological polar surface area (TPSA) is 61.2 Å². The van der Waals surface area contributed by atoms with E-state index in [0.717, 1.165) is 23.1 Å². The fourth-order valence-corrected chi connectivity index (χ4v) is 7.09. The van der Waals surface area contributed by atoms with E-state index in [9.17, 15) is 13.7 Å². The van der Waals surface area contributed by atoms with Gasteiger partial charge in [-0.3, -0.25) is 0 Å². The number of hydrogen-bond acceptors (Lipinski definition) is 3. The molecule has 0 saturated heterocycles. The summed E-state index contributed by atoms with van der Waals surface area (Å²) in [7, 11) is -3.17. The second kappa shape index (κ2) is 8.39. The number of sulfonamides is 1. The molecule has 4 rings (SSSR count). The number of aryl methyl sites for hydroxylation is 1. The van der Waals surface area contributed by atoms with Crippen LogP contribution in [0, 0.1) is 18.3 Å². The summed E-state index contributed by atoms with van der Waals surface area (Å²) < 4.78 is 28.1. The third-order valence-electron chi connectivity index (χ3n) is 5.45. The summed E-state index contributed by atoms with van der Waals surface area (Å²) in [6.45, 7) is 3.10. The van der Waals surface area contributed by atoms with Crippen LogP contribution in [0.5, 0.6) is 0 Å². The van der Waals surface area contributed by atoms with Crippen molar-refractivity contribution in [1.29, 1.82) is 5.26 Å². The summed E-state index contributed by atoms with van der Waals surface area (Å²) in [4.78, 5) is 0. The molecule has 0 N–H and O–H groups in total. The molecule has 1 aliphatic heterocycles. The molecule has 6 heteroatoms. The van der Waals surface area contributed by atoms with Crippen molar-refractivity contribution in [2.45, 2.75) is 19.9 Å². The summed E-state index contributed by atoms with van der Waals surface area (Å²) in [5.74, 6) is 0. The minimum atomic E-state index is -3.17. The summed E-state index contributed by atoms with van der Waals surface area (Å²) in [5, 5.41) is 9.22. The van der Waals surface area contributed by atoms with Crippen LogP contribution in [0.4, 0.5) is 0 Å². The van der Waals surface area contributed by atoms with E-state index < -0.39 is 10.0 Å². The first-order chi connectivity index (χ1) is 14.3. The normalized spacial score (nSPS) is 14.6. The molecule has 0 aliphatic carbocycles. The van der Waals surface area contributed by atoms with Gasteiger partial charge in [-0.05, 0) is 0 Å². The van der Waals surface area contributed by atoms with E-state index in [2.05, 4.69) is 37.3 Å². The number of rotatable bonds is 4. The summed E-state index contributed by atoms with van der Waals surface area (Å²) in [6.07, 6.45) is 2.04. The van der Waals surface area contributed by atoms with E-state index in [1.165, 1.54) is 26.1 Å². The van der Waals surface area contributed by atoms with Crippen LogP contribution in [0.1, 0.15) is 22.3 Å². The molecule has 0 unspecified atom stereocenters. The van der Waals surface area contributed by atoms with Gasteiger partial charge < -0.3 is 0 Å². The molecule has 0 fully saturated rings. The van der Waals surface area contributed by atoms with Crippen molar-refractivity contribution in [3.8, 4) is 17.2 Å². The van der Waals surface area contributed by atoms with Crippen LogP contribution in [0.3, 0.4) is 0 Å². The van der Waals surface area contributed by atoms with E-state index in [1.807, 2.05) is 36.4 Å². The summed E-state index contributed by atoms with van der Waals surface area (Å²) >= 11 is -0.221. The molecule has 1 radical (unpaired) electrons. The van der Waals surface area contributed by atoms with Gasteiger partial charge in [0.2, 0.25) is 0 Å². The van der Waals surface area contributed by atoms with Gasteiger partial charge in [0.15, 0.2) is 0 Å². The molecule has 4 nitrogen and oxygen atoms in total. The monoisotopic (exact) mass is 477 g/mol. The second-order valence-corrected chi connectivity index (χ2v) is 12.1. The average Bonchev–Trinajstić information content (AvgIpc) is 2.74. The molecule has 30 heavy (non-hydrogen) atoms. The third kappa shape index (κ3) is 4.37. The Morgan fingerprint density at radius 2 is 1.87 bits per heavy atom. The Kier molecular flexibility index (Phi) is 5.84. The molecule has 0 spiro atoms. The number of nitrogens with zero attached hydrogens (tertiary/aromatic N) is 2. The van der Waals surface area contributed by atoms with Gasteiger partial charge in [0, 0.05) is 0 Å². The first kappa shape index (κ1) is 20.9. The van der Waals surface area contributed by atoms with E-state index in [0.29, 0.717) is 18.7 Å². The van der Waals surface area contributed by atoms with E-state index in [-0.39, 0.29) is 15.8 Å². The Labute approximate surface area is 184 Å². The van der Waals surface area contributed by atoms with Gasteiger partial charge in [0.1, 0.15) is 0 Å². The van der Waals surface area contributed by atoms with Crippen molar-refractivity contribution < 1.29 is 8.42 Å². The zero-order valence-electron chi connectivity index (χ0n) is 17.0. The Balaban J connectivity index is 1.66. The molecule has 0 atom stereocenters. The fraction of sp³-hybridized carbons (Fsp3) is 0.208. The van der Waals surface area contributed by atoms with Crippen LogP contribution in [0.2, 0.25) is 0 Å². The molecule has 1 aliphatic rings. The van der Waals surface area contributed by atoms with Crippen LogP contribution in [0.15, 0.2) is 60.7 Å². The van der Waals surface area contributed by atoms with Gasteiger partial charge >= 0.3 is 185 Å². The van der Waals surface area contributed by atoms with Gasteiger partial charge in [-0.2, -0.15) is 0 Å². The van der Waals surface area contributed by atoms with Gasteiger partial charge in [-0.25, -0.2) is 0 Å². The molecular formula is C24H22AsN2O2S. The van der Waals surface area contributed by atoms with Crippen molar-refractivity contribution in [2.24, 2.45) is 0 Å². The van der Waals surface area contributed by atoms with Crippen molar-refractivity contribution in [1.82, 2.24) is 4.31 Å². The van der Waals surface area contributed by atoms with Crippen molar-refractivity contribution in [2.75, 3.05) is 12.8 Å². The van der Waals surface area contributed by atoms with E-state index in [1.54, 1.807) is 4.31 Å². The van der Waals surface area contributed by atoms with Crippen LogP contribution in [0.25, 0.3) is 11.1 Å². The molecule has 151 valence electrons. The number of hydrogen-bond donors (Lipinski definition) is 0. The molecule has 0 amide bonds. The van der Waals surface area contributed by atoms with E-state index >= 15 is 0 Å². The molecule has 0 saturated carbocycles. The third-order valence-corrected chi connectivity index (χ3v) is 9.21. The summed E-state index contributed by atoms with van der Waals surface area (Å²) in [5.41, 5.74) is 6.51. The Bertz CT molecular complexity index is 1260. The van der Waals surface area contributed by atoms with E-state index in [4.69, 9.17) is 0 Å². The molecule has 0 bridgehead atoms. The van der Waals surface area contributed by atoms with Gasteiger partial charge in [-0.1, -0.05) is 0 Å². The van der Waals surface area contributed by atoms with Crippen LogP contribution >= 0.6 is 0 Å². The minimum absolute atomic E-state index is 0.221. The van der Waals surface area contributed by atoms with Crippen LogP contribution in [-0.4, -0.2) is 41.3 Å². The van der Waals surface area contributed by atoms with Crippen molar-refractivity contribution >= 4 is 34.5 Å². The number of fused-ring (bicyclic) bond motifs is 1. The molecular weight excluding hydrogens is 455 g/mol. The maximum absolute atomic E-state index is 11.9. The zero-order chi connectivity index (χ0) is 21.3. The Hall–Kier alpha value is -2.38. The Morgan fingerprint density at radius 3 is 2.63 bits per heavy atom. The standard InChI is InChI=1S/C24H22AsN2O2S/c1-17-9-10-21(14-23(17)19-6-3-5-18(13-19)15-26)25-24-8-4-7-20-16-27(30(2,28)29)12-11-22(20)24/h3-10,13-14H,11-12,16H2,1-2H3. The first-order valence-electron chi connectivity index (χ1n) is 9.74. The van der Waals surface area contributed by atoms with Gasteiger partial charge in [0.25, 0.3) is 0 Å². The number of nitriles is 1. The van der Waals surface area contributed by atoms with Crippen LogP contribution < -0.4 is 8.70 Å². The molecule has 3 aromatic rings. The summed E-state index contributed by atoms with van der Waals surface area (Å²) in [6, 6.07) is 22.8. The quantitative estimate of drug-likeness (QED) is 0.543. The molecule has 0 aromatic heterocycles. The first-order valence-corrected chi connectivity index (χ1v) is 13.5. The maximum atomic E-state index is 11.9. The number of benzene rings is 3. The van der Waals surface area contributed by atoms with Gasteiger partial charge in [0.05, 0.1) is 0 Å². The predicted octanol–water partition coefficient (Wildman–Crippen LogP) is 2.51. The predicted molar refractivity (Wildman–Crippen MR) is 122 cm³/mol. The zero-order valence-corrected chi connectivity index (χ0v) is 19.7. The van der Waals surface area contributed by atoms with Crippen LogP contribution in [-0.2, 0) is 23.0 Å².